The van der Waals surface area contributed by atoms with Crippen LogP contribution in [0, 0.1) is 0 Å². The number of hydrogen-bond acceptors (Lipinski definition) is 7. The molecule has 9 heteroatoms. The highest BCUT2D eigenvalue weighted by molar-refractivity contribution is 7.98. The molecule has 0 unspecified atom stereocenters. The van der Waals surface area contributed by atoms with Crippen molar-refractivity contribution in [3.63, 3.8) is 0 Å². The fraction of sp³-hybridized carbons (Fsp3) is 0.318. The van der Waals surface area contributed by atoms with Crippen molar-refractivity contribution in [1.82, 2.24) is 5.32 Å². The molecule has 0 aromatic heterocycles. The molecule has 2 aromatic carbocycles. The number of thioether (sulfide) groups is 1. The number of Topliss-reactive ketones (excluding diaryl/α,β-unsaturated/α-hetero) is 1. The molecular formula is C22H22ClNO6S. The van der Waals surface area contributed by atoms with Gasteiger partial charge in [-0.2, -0.15) is 11.8 Å². The van der Waals surface area contributed by atoms with Crippen LogP contribution in [0.4, 0.5) is 0 Å². The van der Waals surface area contributed by atoms with Crippen LogP contribution in [0.25, 0.3) is 0 Å². The SMILES string of the molecule is CSCC[C@H](NC(=O)c1ccc(Cl)cc1)C(=O)OCC(=O)c1ccc2c(c1)OCCO2. The van der Waals surface area contributed by atoms with Gasteiger partial charge in [-0.05, 0) is 60.9 Å². The summed E-state index contributed by atoms with van der Waals surface area (Å²) in [5.41, 5.74) is 0.724. The zero-order valence-corrected chi connectivity index (χ0v) is 18.5. The van der Waals surface area contributed by atoms with Gasteiger partial charge >= 0.3 is 5.97 Å². The highest BCUT2D eigenvalue weighted by atomic mass is 35.5. The first-order valence-electron chi connectivity index (χ1n) is 9.63. The first-order chi connectivity index (χ1) is 15.0. The van der Waals surface area contributed by atoms with Gasteiger partial charge in [-0.25, -0.2) is 4.79 Å². The summed E-state index contributed by atoms with van der Waals surface area (Å²) in [6, 6.07) is 10.3. The number of benzene rings is 2. The summed E-state index contributed by atoms with van der Waals surface area (Å²) in [7, 11) is 0. The Bertz CT molecular complexity index is 950. The van der Waals surface area contributed by atoms with Gasteiger partial charge in [0.2, 0.25) is 0 Å². The first kappa shape index (κ1) is 23.0. The van der Waals surface area contributed by atoms with E-state index in [0.29, 0.717) is 53.0 Å². The van der Waals surface area contributed by atoms with E-state index in [1.54, 1.807) is 42.5 Å². The molecule has 164 valence electrons. The van der Waals surface area contributed by atoms with Crippen molar-refractivity contribution in [3.05, 3.63) is 58.6 Å². The maximum Gasteiger partial charge on any atom is 0.329 e. The molecule has 1 atom stereocenters. The average molecular weight is 464 g/mol. The number of halogens is 1. The predicted octanol–water partition coefficient (Wildman–Crippen LogP) is 3.39. The molecular weight excluding hydrogens is 442 g/mol. The number of amides is 1. The van der Waals surface area contributed by atoms with Crippen LogP contribution >= 0.6 is 23.4 Å². The second-order valence-electron chi connectivity index (χ2n) is 6.70. The Kier molecular flexibility index (Phi) is 8.20. The summed E-state index contributed by atoms with van der Waals surface area (Å²) in [5, 5.41) is 3.18. The normalized spacial score (nSPS) is 13.2. The molecule has 0 saturated heterocycles. The number of esters is 1. The van der Waals surface area contributed by atoms with E-state index >= 15 is 0 Å². The Morgan fingerprint density at radius 2 is 1.74 bits per heavy atom. The molecule has 0 aliphatic carbocycles. The van der Waals surface area contributed by atoms with Crippen molar-refractivity contribution in [2.24, 2.45) is 0 Å². The van der Waals surface area contributed by atoms with E-state index in [1.807, 2.05) is 6.26 Å². The summed E-state index contributed by atoms with van der Waals surface area (Å²) < 4.78 is 16.1. The molecule has 1 aliphatic heterocycles. The van der Waals surface area contributed by atoms with Gasteiger partial charge in [-0.3, -0.25) is 9.59 Å². The topological polar surface area (TPSA) is 90.9 Å². The summed E-state index contributed by atoms with van der Waals surface area (Å²) in [5.74, 6) is 0.230. The van der Waals surface area contributed by atoms with Gasteiger partial charge in [0.15, 0.2) is 23.9 Å². The van der Waals surface area contributed by atoms with Crippen molar-refractivity contribution in [2.45, 2.75) is 12.5 Å². The van der Waals surface area contributed by atoms with Gasteiger partial charge in [0.25, 0.3) is 5.91 Å². The van der Waals surface area contributed by atoms with Crippen molar-refractivity contribution >= 4 is 41.0 Å². The number of ketones is 1. The van der Waals surface area contributed by atoms with Crippen LogP contribution in [-0.4, -0.2) is 55.5 Å². The molecule has 0 fully saturated rings. The number of nitrogens with one attached hydrogen (secondary N) is 1. The Morgan fingerprint density at radius 1 is 1.06 bits per heavy atom. The smallest absolute Gasteiger partial charge is 0.329 e. The molecule has 1 N–H and O–H groups in total. The Hall–Kier alpha value is -2.71. The van der Waals surface area contributed by atoms with E-state index in [9.17, 15) is 14.4 Å². The average Bonchev–Trinajstić information content (AvgIpc) is 2.79. The molecule has 7 nitrogen and oxygen atoms in total. The van der Waals surface area contributed by atoms with E-state index in [0.717, 1.165) is 0 Å². The molecule has 0 radical (unpaired) electrons. The van der Waals surface area contributed by atoms with Crippen molar-refractivity contribution < 1.29 is 28.6 Å². The van der Waals surface area contributed by atoms with Gasteiger partial charge in [0, 0.05) is 16.1 Å². The Labute approximate surface area is 189 Å². The zero-order chi connectivity index (χ0) is 22.2. The van der Waals surface area contributed by atoms with Crippen LogP contribution < -0.4 is 14.8 Å². The van der Waals surface area contributed by atoms with Crippen LogP contribution in [-0.2, 0) is 9.53 Å². The molecule has 0 bridgehead atoms. The zero-order valence-electron chi connectivity index (χ0n) is 16.9. The van der Waals surface area contributed by atoms with E-state index < -0.39 is 24.5 Å². The second-order valence-corrected chi connectivity index (χ2v) is 8.13. The largest absolute Gasteiger partial charge is 0.486 e. The van der Waals surface area contributed by atoms with Crippen LogP contribution in [0.1, 0.15) is 27.1 Å². The third-order valence-electron chi connectivity index (χ3n) is 4.52. The third-order valence-corrected chi connectivity index (χ3v) is 5.41. The summed E-state index contributed by atoms with van der Waals surface area (Å²) in [6.07, 6.45) is 2.27. The molecule has 1 amide bonds. The minimum Gasteiger partial charge on any atom is -0.486 e. The monoisotopic (exact) mass is 463 g/mol. The minimum atomic E-state index is -0.872. The number of hydrogen-bond donors (Lipinski definition) is 1. The third kappa shape index (κ3) is 6.38. The maximum absolute atomic E-state index is 12.6. The maximum atomic E-state index is 12.6. The standard InChI is InChI=1S/C22H22ClNO6S/c1-31-11-8-17(24-21(26)14-2-5-16(23)6-3-14)22(27)30-13-18(25)15-4-7-19-20(12-15)29-10-9-28-19/h2-7,12,17H,8-11,13H2,1H3,(H,24,26)/t17-/m0/s1. The van der Waals surface area contributed by atoms with Gasteiger partial charge in [0.05, 0.1) is 0 Å². The minimum absolute atomic E-state index is 0.350. The van der Waals surface area contributed by atoms with E-state index in [1.165, 1.54) is 11.8 Å². The Balaban J connectivity index is 1.60. The molecule has 31 heavy (non-hydrogen) atoms. The lowest BCUT2D eigenvalue weighted by atomic mass is 10.1. The van der Waals surface area contributed by atoms with Crippen LogP contribution in [0.5, 0.6) is 11.5 Å². The summed E-state index contributed by atoms with van der Waals surface area (Å²) in [4.78, 5) is 37.5. The lowest BCUT2D eigenvalue weighted by Gasteiger charge is -2.19. The van der Waals surface area contributed by atoms with Crippen LogP contribution in [0.2, 0.25) is 5.02 Å². The molecule has 1 aliphatic rings. The quantitative estimate of drug-likeness (QED) is 0.450. The molecule has 3 rings (SSSR count). The van der Waals surface area contributed by atoms with Gasteiger partial charge < -0.3 is 19.5 Å². The molecule has 0 spiro atoms. The van der Waals surface area contributed by atoms with Crippen LogP contribution in [0.3, 0.4) is 0 Å². The number of rotatable bonds is 9. The van der Waals surface area contributed by atoms with Gasteiger partial charge in [-0.15, -0.1) is 0 Å². The fourth-order valence-electron chi connectivity index (χ4n) is 2.86. The highest BCUT2D eigenvalue weighted by Crippen LogP contribution is 2.30. The number of carbonyl (C=O) groups is 3. The predicted molar refractivity (Wildman–Crippen MR) is 118 cm³/mol. The van der Waals surface area contributed by atoms with Gasteiger partial charge in [0.1, 0.15) is 19.3 Å². The lowest BCUT2D eigenvalue weighted by molar-refractivity contribution is -0.144. The van der Waals surface area contributed by atoms with Gasteiger partial charge in [-0.1, -0.05) is 11.6 Å². The summed E-state index contributed by atoms with van der Waals surface area (Å²) in [6.45, 7) is 0.423. The molecule has 2 aromatic rings. The molecule has 0 saturated carbocycles. The second kappa shape index (κ2) is 11.1. The molecule has 1 heterocycles. The highest BCUT2D eigenvalue weighted by Gasteiger charge is 2.24. The number of carbonyl (C=O) groups excluding carboxylic acids is 3. The number of ether oxygens (including phenoxy) is 3. The van der Waals surface area contributed by atoms with E-state index in [2.05, 4.69) is 5.32 Å². The van der Waals surface area contributed by atoms with E-state index in [4.69, 9.17) is 25.8 Å². The summed E-state index contributed by atoms with van der Waals surface area (Å²) >= 11 is 7.38. The first-order valence-corrected chi connectivity index (χ1v) is 11.4. The fourth-order valence-corrected chi connectivity index (χ4v) is 3.46. The number of fused-ring (bicyclic) bond motifs is 1. The van der Waals surface area contributed by atoms with Crippen LogP contribution in [0.15, 0.2) is 42.5 Å². The Morgan fingerprint density at radius 3 is 2.45 bits per heavy atom. The van der Waals surface area contributed by atoms with Crippen molar-refractivity contribution in [3.8, 4) is 11.5 Å². The van der Waals surface area contributed by atoms with Crippen molar-refractivity contribution in [2.75, 3.05) is 31.8 Å². The van der Waals surface area contributed by atoms with E-state index in [-0.39, 0.29) is 5.78 Å². The lowest BCUT2D eigenvalue weighted by Crippen LogP contribution is -2.42. The van der Waals surface area contributed by atoms with Crippen molar-refractivity contribution in [1.29, 1.82) is 0 Å².